The van der Waals surface area contributed by atoms with E-state index in [0.29, 0.717) is 0 Å². The van der Waals surface area contributed by atoms with Gasteiger partial charge in [-0.2, -0.15) is 8.42 Å². The number of nitrogen functional groups attached to an aromatic ring is 1. The fourth-order valence-corrected chi connectivity index (χ4v) is 0.959. The summed E-state index contributed by atoms with van der Waals surface area (Å²) in [5.41, 5.74) is 5.26. The molecule has 0 bridgehead atoms. The highest BCUT2D eigenvalue weighted by Gasteiger charge is 2.08. The zero-order valence-electron chi connectivity index (χ0n) is 6.26. The van der Waals surface area contributed by atoms with Gasteiger partial charge in [0.25, 0.3) is 5.88 Å². The summed E-state index contributed by atoms with van der Waals surface area (Å²) in [5.74, 6) is -0.247. The number of hydrogen-bond acceptors (Lipinski definition) is 6. The number of aromatic nitrogens is 2. The van der Waals surface area contributed by atoms with Crippen molar-refractivity contribution in [3.8, 4) is 5.88 Å². The van der Waals surface area contributed by atoms with Crippen LogP contribution in [0.3, 0.4) is 0 Å². The van der Waals surface area contributed by atoms with Gasteiger partial charge in [-0.1, -0.05) is 0 Å². The summed E-state index contributed by atoms with van der Waals surface area (Å²) in [6.07, 6.45) is 3.53. The second-order valence-electron chi connectivity index (χ2n) is 2.03. The molecule has 0 atom stereocenters. The summed E-state index contributed by atoms with van der Waals surface area (Å²) in [7, 11) is -3.58. The zero-order chi connectivity index (χ0) is 9.19. The molecule has 6 nitrogen and oxygen atoms in total. The van der Waals surface area contributed by atoms with Crippen molar-refractivity contribution in [2.45, 2.75) is 0 Å². The number of anilines is 1. The van der Waals surface area contributed by atoms with Crippen LogP contribution >= 0.6 is 0 Å². The summed E-state index contributed by atoms with van der Waals surface area (Å²) in [6.45, 7) is 0. The van der Waals surface area contributed by atoms with Crippen LogP contribution in [0.4, 0.5) is 5.82 Å². The van der Waals surface area contributed by atoms with Crippen molar-refractivity contribution < 1.29 is 12.6 Å². The van der Waals surface area contributed by atoms with Crippen LogP contribution in [0.5, 0.6) is 5.88 Å². The van der Waals surface area contributed by atoms with E-state index in [0.717, 1.165) is 6.26 Å². The monoisotopic (exact) mass is 189 g/mol. The highest BCUT2D eigenvalue weighted by Crippen LogP contribution is 2.14. The Labute approximate surface area is 69.5 Å². The molecule has 1 rings (SSSR count). The number of nitrogens with two attached hydrogens (primary N) is 1. The second kappa shape index (κ2) is 2.94. The molecule has 0 aromatic carbocycles. The summed E-state index contributed by atoms with van der Waals surface area (Å²) in [6, 6.07) is 0. The Bertz CT molecular complexity index is 375. The normalized spacial score (nSPS) is 11.1. The van der Waals surface area contributed by atoms with Crippen molar-refractivity contribution in [1.82, 2.24) is 9.97 Å². The molecule has 2 N–H and O–H groups in total. The van der Waals surface area contributed by atoms with Crippen LogP contribution in [0, 0.1) is 0 Å². The molecular weight excluding hydrogens is 182 g/mol. The molecule has 7 heteroatoms. The van der Waals surface area contributed by atoms with Crippen molar-refractivity contribution in [1.29, 1.82) is 0 Å². The first-order valence-electron chi connectivity index (χ1n) is 2.95. The van der Waals surface area contributed by atoms with E-state index in [-0.39, 0.29) is 11.7 Å². The zero-order valence-corrected chi connectivity index (χ0v) is 7.08. The lowest BCUT2D eigenvalue weighted by Crippen LogP contribution is -2.09. The molecule has 12 heavy (non-hydrogen) atoms. The molecule has 0 aliphatic carbocycles. The molecule has 0 saturated carbocycles. The molecule has 0 radical (unpaired) electrons. The molecule has 1 aromatic rings. The SMILES string of the molecule is CS(=O)(=O)Oc1nccnc1N. The Hall–Kier alpha value is -1.37. The van der Waals surface area contributed by atoms with E-state index in [1.165, 1.54) is 12.4 Å². The second-order valence-corrected chi connectivity index (χ2v) is 3.61. The van der Waals surface area contributed by atoms with E-state index in [1.807, 2.05) is 0 Å². The van der Waals surface area contributed by atoms with Crippen LogP contribution in [0.2, 0.25) is 0 Å². The van der Waals surface area contributed by atoms with Gasteiger partial charge in [0, 0.05) is 12.4 Å². The Morgan fingerprint density at radius 1 is 1.42 bits per heavy atom. The van der Waals surface area contributed by atoms with E-state index in [9.17, 15) is 8.42 Å². The van der Waals surface area contributed by atoms with E-state index in [4.69, 9.17) is 5.73 Å². The van der Waals surface area contributed by atoms with Gasteiger partial charge >= 0.3 is 10.1 Å². The maximum Gasteiger partial charge on any atom is 0.307 e. The third-order valence-corrected chi connectivity index (χ3v) is 1.38. The van der Waals surface area contributed by atoms with Gasteiger partial charge < -0.3 is 9.92 Å². The van der Waals surface area contributed by atoms with Gasteiger partial charge in [-0.05, 0) is 0 Å². The maximum absolute atomic E-state index is 10.6. The number of nitrogens with zero attached hydrogens (tertiary/aromatic N) is 2. The average molecular weight is 189 g/mol. The quantitative estimate of drug-likeness (QED) is 0.624. The Balaban J connectivity index is 2.98. The Morgan fingerprint density at radius 2 is 2.00 bits per heavy atom. The lowest BCUT2D eigenvalue weighted by atomic mass is 10.6. The first-order chi connectivity index (χ1) is 5.49. The van der Waals surface area contributed by atoms with Crippen LogP contribution in [0.25, 0.3) is 0 Å². The van der Waals surface area contributed by atoms with Crippen LogP contribution in [0.1, 0.15) is 0 Å². The minimum absolute atomic E-state index is 0.0528. The van der Waals surface area contributed by atoms with Crippen LogP contribution in [-0.4, -0.2) is 24.6 Å². The van der Waals surface area contributed by atoms with Gasteiger partial charge in [0.05, 0.1) is 6.26 Å². The largest absolute Gasteiger partial charge is 0.379 e. The molecular formula is C5H7N3O3S. The molecule has 66 valence electrons. The molecule has 0 spiro atoms. The molecule has 1 aromatic heterocycles. The topological polar surface area (TPSA) is 95.2 Å². The van der Waals surface area contributed by atoms with Gasteiger partial charge in [0.2, 0.25) is 0 Å². The van der Waals surface area contributed by atoms with Crippen molar-refractivity contribution in [2.24, 2.45) is 0 Å². The number of hydrogen-bond donors (Lipinski definition) is 1. The van der Waals surface area contributed by atoms with Crippen LogP contribution < -0.4 is 9.92 Å². The predicted molar refractivity (Wildman–Crippen MR) is 41.9 cm³/mol. The fourth-order valence-electron chi connectivity index (χ4n) is 0.544. The fraction of sp³-hybridized carbons (Fsp3) is 0.200. The highest BCUT2D eigenvalue weighted by atomic mass is 32.2. The van der Waals surface area contributed by atoms with Gasteiger partial charge in [0.1, 0.15) is 0 Å². The molecule has 0 aliphatic rings. The Kier molecular flexibility index (Phi) is 2.13. The maximum atomic E-state index is 10.6. The summed E-state index contributed by atoms with van der Waals surface area (Å²) >= 11 is 0. The van der Waals surface area contributed by atoms with E-state index >= 15 is 0 Å². The third-order valence-electron chi connectivity index (χ3n) is 0.922. The smallest absolute Gasteiger partial charge is 0.307 e. The molecule has 0 saturated heterocycles. The lowest BCUT2D eigenvalue weighted by molar-refractivity contribution is 0.483. The first kappa shape index (κ1) is 8.72. The van der Waals surface area contributed by atoms with Gasteiger partial charge in [-0.25, -0.2) is 9.97 Å². The highest BCUT2D eigenvalue weighted by molar-refractivity contribution is 7.86. The molecule has 0 fully saturated rings. The molecule has 1 heterocycles. The third kappa shape index (κ3) is 2.35. The standard InChI is InChI=1S/C5H7N3O3S/c1-12(9,10)11-5-4(6)7-2-3-8-5/h2-3H,1H3,(H2,6,7). The summed E-state index contributed by atoms with van der Waals surface area (Å²) < 4.78 is 25.6. The lowest BCUT2D eigenvalue weighted by Gasteiger charge is -2.01. The minimum Gasteiger partial charge on any atom is -0.379 e. The summed E-state index contributed by atoms with van der Waals surface area (Å²) in [4.78, 5) is 7.16. The van der Waals surface area contributed by atoms with Crippen LogP contribution in [-0.2, 0) is 10.1 Å². The van der Waals surface area contributed by atoms with Gasteiger partial charge in [-0.15, -0.1) is 0 Å². The van der Waals surface area contributed by atoms with E-state index < -0.39 is 10.1 Å². The van der Waals surface area contributed by atoms with E-state index in [2.05, 4.69) is 14.2 Å². The van der Waals surface area contributed by atoms with Crippen LogP contribution in [0.15, 0.2) is 12.4 Å². The minimum atomic E-state index is -3.58. The average Bonchev–Trinajstić information content (AvgIpc) is 1.91. The van der Waals surface area contributed by atoms with E-state index in [1.54, 1.807) is 0 Å². The predicted octanol–water partition coefficient (Wildman–Crippen LogP) is -0.603. The number of rotatable bonds is 2. The molecule has 0 amide bonds. The summed E-state index contributed by atoms with van der Waals surface area (Å²) in [5, 5.41) is 0. The van der Waals surface area contributed by atoms with Gasteiger partial charge in [-0.3, -0.25) is 0 Å². The first-order valence-corrected chi connectivity index (χ1v) is 4.76. The van der Waals surface area contributed by atoms with Crippen molar-refractivity contribution in [3.05, 3.63) is 12.4 Å². The van der Waals surface area contributed by atoms with Gasteiger partial charge in [0.15, 0.2) is 5.82 Å². The molecule has 0 aliphatic heterocycles. The molecule has 0 unspecified atom stereocenters. The van der Waals surface area contributed by atoms with Crippen molar-refractivity contribution in [3.63, 3.8) is 0 Å². The Morgan fingerprint density at radius 3 is 2.50 bits per heavy atom. The van der Waals surface area contributed by atoms with Crippen molar-refractivity contribution in [2.75, 3.05) is 12.0 Å². The van der Waals surface area contributed by atoms with Crippen molar-refractivity contribution >= 4 is 15.9 Å².